The minimum Gasteiger partial charge on any atom is -0.378 e. The Morgan fingerprint density at radius 2 is 1.68 bits per heavy atom. The highest BCUT2D eigenvalue weighted by atomic mass is 19.1. The Labute approximate surface area is 183 Å². The van der Waals surface area contributed by atoms with Crippen molar-refractivity contribution in [3.8, 4) is 0 Å². The van der Waals surface area contributed by atoms with Gasteiger partial charge in [0.1, 0.15) is 5.82 Å². The van der Waals surface area contributed by atoms with E-state index in [1.807, 2.05) is 31.2 Å². The van der Waals surface area contributed by atoms with Crippen molar-refractivity contribution in [2.75, 3.05) is 49.6 Å². The lowest BCUT2D eigenvalue weighted by Gasteiger charge is -2.31. The van der Waals surface area contributed by atoms with Gasteiger partial charge in [0, 0.05) is 31.0 Å². The number of benzene rings is 2. The molecule has 1 N–H and O–H groups in total. The molecule has 0 unspecified atom stereocenters. The summed E-state index contributed by atoms with van der Waals surface area (Å²) in [6, 6.07) is 13.6. The molecule has 6 nitrogen and oxygen atoms in total. The van der Waals surface area contributed by atoms with Crippen LogP contribution in [0.2, 0.25) is 0 Å². The molecule has 1 aliphatic heterocycles. The van der Waals surface area contributed by atoms with Crippen LogP contribution in [-0.2, 0) is 19.7 Å². The molecule has 0 atom stereocenters. The third kappa shape index (κ3) is 5.61. The van der Waals surface area contributed by atoms with Gasteiger partial charge in [0.2, 0.25) is 11.8 Å². The number of carbonyl (C=O) groups excluding carboxylic acids is 2. The summed E-state index contributed by atoms with van der Waals surface area (Å²) in [5, 5.41) is 2.86. The van der Waals surface area contributed by atoms with E-state index in [9.17, 15) is 14.0 Å². The third-order valence-electron chi connectivity index (χ3n) is 5.63. The van der Waals surface area contributed by atoms with E-state index in [-0.39, 0.29) is 24.2 Å². The summed E-state index contributed by atoms with van der Waals surface area (Å²) in [6.45, 7) is 8.88. The number of morpholine rings is 1. The van der Waals surface area contributed by atoms with Gasteiger partial charge in [-0.2, -0.15) is 0 Å². The van der Waals surface area contributed by atoms with E-state index in [0.717, 1.165) is 18.8 Å². The quantitative estimate of drug-likeness (QED) is 0.736. The molecule has 0 bridgehead atoms. The molecule has 0 spiro atoms. The van der Waals surface area contributed by atoms with Gasteiger partial charge >= 0.3 is 0 Å². The summed E-state index contributed by atoms with van der Waals surface area (Å²) in [6.07, 6.45) is 0. The molecule has 2 amide bonds. The molecule has 1 aliphatic rings. The number of anilines is 2. The van der Waals surface area contributed by atoms with E-state index in [4.69, 9.17) is 4.74 Å². The van der Waals surface area contributed by atoms with Crippen molar-refractivity contribution < 1.29 is 18.7 Å². The highest BCUT2D eigenvalue weighted by molar-refractivity contribution is 5.96. The SMILES string of the molecule is CCN(CC(=O)Nc1ccc(N2CCOCC2)cc1)C(=O)C(C)(C)c1ccc(F)cc1. The second-order valence-corrected chi connectivity index (χ2v) is 8.15. The van der Waals surface area contributed by atoms with Crippen molar-refractivity contribution in [1.29, 1.82) is 0 Å². The van der Waals surface area contributed by atoms with Gasteiger partial charge in [-0.05, 0) is 62.7 Å². The van der Waals surface area contributed by atoms with Gasteiger partial charge in [0.25, 0.3) is 0 Å². The molecule has 0 aliphatic carbocycles. The Morgan fingerprint density at radius 1 is 1.06 bits per heavy atom. The average Bonchev–Trinajstić information content (AvgIpc) is 2.78. The fourth-order valence-electron chi connectivity index (χ4n) is 3.66. The number of halogens is 1. The zero-order chi connectivity index (χ0) is 22.4. The van der Waals surface area contributed by atoms with Crippen molar-refractivity contribution in [3.05, 3.63) is 59.9 Å². The minimum atomic E-state index is -0.871. The zero-order valence-electron chi connectivity index (χ0n) is 18.4. The predicted molar refractivity (Wildman–Crippen MR) is 120 cm³/mol. The van der Waals surface area contributed by atoms with E-state index in [2.05, 4.69) is 10.2 Å². The lowest BCUT2D eigenvalue weighted by molar-refractivity contribution is -0.138. The number of hydrogen-bond donors (Lipinski definition) is 1. The summed E-state index contributed by atoms with van der Waals surface area (Å²) in [4.78, 5) is 29.5. The van der Waals surface area contributed by atoms with E-state index in [1.54, 1.807) is 26.0 Å². The standard InChI is InChI=1S/C24H30FN3O3/c1-4-27(23(30)24(2,3)18-5-7-19(25)8-6-18)17-22(29)26-20-9-11-21(12-10-20)28-13-15-31-16-14-28/h5-12H,4,13-17H2,1-3H3,(H,26,29). The van der Waals surface area contributed by atoms with Crippen LogP contribution in [0.25, 0.3) is 0 Å². The van der Waals surface area contributed by atoms with Gasteiger partial charge < -0.3 is 19.9 Å². The number of nitrogens with zero attached hydrogens (tertiary/aromatic N) is 2. The van der Waals surface area contributed by atoms with Crippen LogP contribution in [0.5, 0.6) is 0 Å². The Kier molecular flexibility index (Phi) is 7.28. The Morgan fingerprint density at radius 3 is 2.26 bits per heavy atom. The molecule has 2 aromatic carbocycles. The molecule has 2 aromatic rings. The zero-order valence-corrected chi connectivity index (χ0v) is 18.4. The molecule has 31 heavy (non-hydrogen) atoms. The van der Waals surface area contributed by atoms with Gasteiger partial charge in [-0.25, -0.2) is 4.39 Å². The van der Waals surface area contributed by atoms with Gasteiger partial charge in [-0.15, -0.1) is 0 Å². The molecule has 0 aromatic heterocycles. The summed E-state index contributed by atoms with van der Waals surface area (Å²) < 4.78 is 18.6. The van der Waals surface area contributed by atoms with Crippen LogP contribution in [0.15, 0.2) is 48.5 Å². The molecule has 1 fully saturated rings. The maximum absolute atomic E-state index is 13.3. The first-order chi connectivity index (χ1) is 14.8. The number of likely N-dealkylation sites (N-methyl/N-ethyl adjacent to an activating group) is 1. The summed E-state index contributed by atoms with van der Waals surface area (Å²) in [5.41, 5.74) is 1.61. The molecule has 0 radical (unpaired) electrons. The Balaban J connectivity index is 1.61. The number of rotatable bonds is 7. The first kappa shape index (κ1) is 22.7. The number of hydrogen-bond acceptors (Lipinski definition) is 4. The fourth-order valence-corrected chi connectivity index (χ4v) is 3.66. The number of ether oxygens (including phenoxy) is 1. The number of nitrogens with one attached hydrogen (secondary N) is 1. The monoisotopic (exact) mass is 427 g/mol. The molecule has 1 heterocycles. The Hall–Kier alpha value is -2.93. The predicted octanol–water partition coefficient (Wildman–Crippen LogP) is 3.43. The van der Waals surface area contributed by atoms with E-state index < -0.39 is 5.41 Å². The first-order valence-electron chi connectivity index (χ1n) is 10.6. The van der Waals surface area contributed by atoms with E-state index in [1.165, 1.54) is 17.0 Å². The largest absolute Gasteiger partial charge is 0.378 e. The third-order valence-corrected chi connectivity index (χ3v) is 5.63. The van der Waals surface area contributed by atoms with Crippen LogP contribution < -0.4 is 10.2 Å². The first-order valence-corrected chi connectivity index (χ1v) is 10.6. The van der Waals surface area contributed by atoms with Crippen LogP contribution in [0, 0.1) is 5.82 Å². The smallest absolute Gasteiger partial charge is 0.243 e. The molecule has 7 heteroatoms. The second-order valence-electron chi connectivity index (χ2n) is 8.15. The van der Waals surface area contributed by atoms with Gasteiger partial charge in [-0.3, -0.25) is 9.59 Å². The van der Waals surface area contributed by atoms with Gasteiger partial charge in [0.05, 0.1) is 25.2 Å². The summed E-state index contributed by atoms with van der Waals surface area (Å²) >= 11 is 0. The van der Waals surface area contributed by atoms with Crippen LogP contribution >= 0.6 is 0 Å². The average molecular weight is 428 g/mol. The van der Waals surface area contributed by atoms with Crippen molar-refractivity contribution >= 4 is 23.2 Å². The van der Waals surface area contributed by atoms with Crippen LogP contribution in [-0.4, -0.2) is 56.1 Å². The molecule has 1 saturated heterocycles. The molecular formula is C24H30FN3O3. The molecule has 0 saturated carbocycles. The molecular weight excluding hydrogens is 397 g/mol. The summed E-state index contributed by atoms with van der Waals surface area (Å²) in [7, 11) is 0. The lowest BCUT2D eigenvalue weighted by Crippen LogP contribution is -2.46. The maximum atomic E-state index is 13.3. The molecule has 166 valence electrons. The summed E-state index contributed by atoms with van der Waals surface area (Å²) in [5.74, 6) is -0.790. The highest BCUT2D eigenvalue weighted by Gasteiger charge is 2.34. The van der Waals surface area contributed by atoms with Crippen molar-refractivity contribution in [2.45, 2.75) is 26.2 Å². The van der Waals surface area contributed by atoms with E-state index >= 15 is 0 Å². The van der Waals surface area contributed by atoms with Crippen molar-refractivity contribution in [3.63, 3.8) is 0 Å². The highest BCUT2D eigenvalue weighted by Crippen LogP contribution is 2.26. The molecule has 3 rings (SSSR count). The van der Waals surface area contributed by atoms with Crippen LogP contribution in [0.3, 0.4) is 0 Å². The topological polar surface area (TPSA) is 61.9 Å². The van der Waals surface area contributed by atoms with Gasteiger partial charge in [-0.1, -0.05) is 12.1 Å². The maximum Gasteiger partial charge on any atom is 0.243 e. The van der Waals surface area contributed by atoms with Gasteiger partial charge in [0.15, 0.2) is 0 Å². The Bertz CT molecular complexity index is 891. The second kappa shape index (κ2) is 9.92. The normalized spacial score (nSPS) is 14.3. The lowest BCUT2D eigenvalue weighted by atomic mass is 9.83. The van der Waals surface area contributed by atoms with Crippen LogP contribution in [0.1, 0.15) is 26.3 Å². The fraction of sp³-hybridized carbons (Fsp3) is 0.417. The van der Waals surface area contributed by atoms with Crippen molar-refractivity contribution in [1.82, 2.24) is 4.90 Å². The van der Waals surface area contributed by atoms with E-state index in [0.29, 0.717) is 31.0 Å². The van der Waals surface area contributed by atoms with Crippen molar-refractivity contribution in [2.24, 2.45) is 0 Å². The van der Waals surface area contributed by atoms with Crippen LogP contribution in [0.4, 0.5) is 15.8 Å². The minimum absolute atomic E-state index is 0.0504. The number of amides is 2. The number of carbonyl (C=O) groups is 2.